The van der Waals surface area contributed by atoms with E-state index in [9.17, 15) is 10.2 Å². The molecule has 7 nitrogen and oxygen atoms in total. The number of nitrogens with zero attached hydrogens (tertiary/aromatic N) is 4. The molecule has 0 saturated carbocycles. The molecule has 0 bridgehead atoms. The normalized spacial score (nSPS) is 14.1. The van der Waals surface area contributed by atoms with Crippen LogP contribution in [0.25, 0.3) is 21.3 Å². The van der Waals surface area contributed by atoms with Gasteiger partial charge in [0.15, 0.2) is 0 Å². The summed E-state index contributed by atoms with van der Waals surface area (Å²) in [6.45, 7) is 0.131. The minimum Gasteiger partial charge on any atom is -0.390 e. The largest absolute Gasteiger partial charge is 0.390 e. The van der Waals surface area contributed by atoms with Crippen LogP contribution in [0.4, 0.5) is 0 Å². The van der Waals surface area contributed by atoms with E-state index in [4.69, 9.17) is 5.53 Å². The van der Waals surface area contributed by atoms with E-state index in [0.29, 0.717) is 11.2 Å². The Labute approximate surface area is 117 Å². The smallest absolute Gasteiger partial charge is 0.122 e. The molecule has 3 N–H and O–H groups in total. The first-order valence-electron chi connectivity index (χ1n) is 5.64. The van der Waals surface area contributed by atoms with Crippen molar-refractivity contribution in [1.82, 2.24) is 10.2 Å². The van der Waals surface area contributed by atoms with Crippen molar-refractivity contribution >= 4 is 26.8 Å². The third-order valence-corrected chi connectivity index (χ3v) is 3.29. The van der Waals surface area contributed by atoms with Crippen LogP contribution in [-0.2, 0) is 0 Å². The summed E-state index contributed by atoms with van der Waals surface area (Å²) in [5.41, 5.74) is 9.32. The van der Waals surface area contributed by atoms with Crippen molar-refractivity contribution in [1.29, 1.82) is 0 Å². The number of aromatic nitrogens is 2. The zero-order valence-electron chi connectivity index (χ0n) is 9.86. The Morgan fingerprint density at radius 1 is 1.47 bits per heavy atom. The average Bonchev–Trinajstić information content (AvgIpc) is 2.80. The summed E-state index contributed by atoms with van der Waals surface area (Å²) in [5, 5.41) is 30.8. The van der Waals surface area contributed by atoms with Gasteiger partial charge in [-0.3, -0.25) is 5.10 Å². The quantitative estimate of drug-likeness (QED) is 0.445. The number of benzene rings is 1. The fourth-order valence-electron chi connectivity index (χ4n) is 1.82. The van der Waals surface area contributed by atoms with E-state index in [1.54, 1.807) is 0 Å². The average molecular weight is 326 g/mol. The van der Waals surface area contributed by atoms with Crippen molar-refractivity contribution in [2.75, 3.05) is 6.54 Å². The van der Waals surface area contributed by atoms with E-state index in [1.807, 2.05) is 18.2 Å². The van der Waals surface area contributed by atoms with Gasteiger partial charge in [0.05, 0.1) is 17.3 Å². The third-order valence-electron chi connectivity index (χ3n) is 2.80. The van der Waals surface area contributed by atoms with Gasteiger partial charge in [-0.2, -0.15) is 5.10 Å². The van der Waals surface area contributed by atoms with Crippen molar-refractivity contribution < 1.29 is 10.2 Å². The Kier molecular flexibility index (Phi) is 4.39. The number of H-pyrrole nitrogens is 1. The second-order valence-electron chi connectivity index (χ2n) is 4.05. The van der Waals surface area contributed by atoms with Gasteiger partial charge < -0.3 is 10.2 Å². The summed E-state index contributed by atoms with van der Waals surface area (Å²) in [7, 11) is 0. The topological polar surface area (TPSA) is 118 Å². The SMILES string of the molecule is [N-]=[N+]=NCCC(O)C(O)c1[nH]nc2cc(Br)ccc12. The van der Waals surface area contributed by atoms with Gasteiger partial charge in [0.2, 0.25) is 0 Å². The highest BCUT2D eigenvalue weighted by Gasteiger charge is 2.22. The Morgan fingerprint density at radius 3 is 3.00 bits per heavy atom. The van der Waals surface area contributed by atoms with Gasteiger partial charge in [0, 0.05) is 21.3 Å². The summed E-state index contributed by atoms with van der Waals surface area (Å²) in [6, 6.07) is 5.45. The zero-order chi connectivity index (χ0) is 13.8. The molecule has 0 saturated heterocycles. The molecule has 0 aliphatic heterocycles. The first kappa shape index (κ1) is 13.8. The lowest BCUT2D eigenvalue weighted by Gasteiger charge is -2.15. The van der Waals surface area contributed by atoms with Gasteiger partial charge in [0.25, 0.3) is 0 Å². The van der Waals surface area contributed by atoms with Crippen LogP contribution < -0.4 is 0 Å². The summed E-state index contributed by atoms with van der Waals surface area (Å²) < 4.78 is 0.886. The van der Waals surface area contributed by atoms with Crippen LogP contribution in [-0.4, -0.2) is 33.1 Å². The molecule has 8 heteroatoms. The fourth-order valence-corrected chi connectivity index (χ4v) is 2.17. The summed E-state index contributed by atoms with van der Waals surface area (Å²) >= 11 is 3.34. The molecule has 2 atom stereocenters. The number of rotatable bonds is 5. The number of aromatic amines is 1. The van der Waals surface area contributed by atoms with Crippen LogP contribution >= 0.6 is 15.9 Å². The Bertz CT molecular complexity index is 623. The van der Waals surface area contributed by atoms with Crippen LogP contribution in [0.1, 0.15) is 18.2 Å². The first-order valence-corrected chi connectivity index (χ1v) is 6.43. The van der Waals surface area contributed by atoms with E-state index in [0.717, 1.165) is 9.86 Å². The third kappa shape index (κ3) is 3.05. The maximum atomic E-state index is 10.1. The number of hydrogen-bond acceptors (Lipinski definition) is 4. The van der Waals surface area contributed by atoms with Crippen LogP contribution in [0.5, 0.6) is 0 Å². The Hall–Kier alpha value is -1.60. The molecule has 2 unspecified atom stereocenters. The van der Waals surface area contributed by atoms with E-state index in [-0.39, 0.29) is 13.0 Å². The molecule has 19 heavy (non-hydrogen) atoms. The van der Waals surface area contributed by atoms with E-state index < -0.39 is 12.2 Å². The van der Waals surface area contributed by atoms with Crippen molar-refractivity contribution in [3.05, 3.63) is 38.8 Å². The number of aliphatic hydroxyl groups excluding tert-OH is 2. The van der Waals surface area contributed by atoms with Crippen LogP contribution in [0, 0.1) is 0 Å². The van der Waals surface area contributed by atoms with Crippen molar-refractivity contribution in [2.45, 2.75) is 18.6 Å². The first-order chi connectivity index (χ1) is 9.13. The van der Waals surface area contributed by atoms with Crippen LogP contribution in [0.15, 0.2) is 27.8 Å². The van der Waals surface area contributed by atoms with Crippen molar-refractivity contribution in [2.24, 2.45) is 5.11 Å². The van der Waals surface area contributed by atoms with E-state index in [2.05, 4.69) is 36.2 Å². The standard InChI is InChI=1S/C11H12BrN5O2/c12-6-1-2-7-8(5-6)15-16-10(7)11(19)9(18)3-4-14-17-13/h1-2,5,9,11,18-19H,3-4H2,(H,15,16). The molecule has 1 aromatic carbocycles. The molecule has 0 fully saturated rings. The van der Waals surface area contributed by atoms with Gasteiger partial charge >= 0.3 is 0 Å². The summed E-state index contributed by atoms with van der Waals surface area (Å²) in [5.74, 6) is 0. The van der Waals surface area contributed by atoms with Crippen LogP contribution in [0.3, 0.4) is 0 Å². The fraction of sp³-hybridized carbons (Fsp3) is 0.364. The number of fused-ring (bicyclic) bond motifs is 1. The molecule has 1 aromatic heterocycles. The maximum Gasteiger partial charge on any atom is 0.122 e. The molecule has 0 radical (unpaired) electrons. The molecule has 1 heterocycles. The van der Waals surface area contributed by atoms with Gasteiger partial charge in [-0.15, -0.1) is 0 Å². The summed E-state index contributed by atoms with van der Waals surface area (Å²) in [4.78, 5) is 2.60. The monoisotopic (exact) mass is 325 g/mol. The molecule has 0 aliphatic rings. The zero-order valence-corrected chi connectivity index (χ0v) is 11.4. The summed E-state index contributed by atoms with van der Waals surface area (Å²) in [6.07, 6.45) is -1.93. The van der Waals surface area contributed by atoms with E-state index in [1.165, 1.54) is 0 Å². The molecule has 2 rings (SSSR count). The maximum absolute atomic E-state index is 10.1. The highest BCUT2D eigenvalue weighted by atomic mass is 79.9. The minimum atomic E-state index is -1.10. The highest BCUT2D eigenvalue weighted by Crippen LogP contribution is 2.27. The van der Waals surface area contributed by atoms with E-state index >= 15 is 0 Å². The Morgan fingerprint density at radius 2 is 2.26 bits per heavy atom. The van der Waals surface area contributed by atoms with Crippen LogP contribution in [0.2, 0.25) is 0 Å². The number of nitrogens with one attached hydrogen (secondary N) is 1. The number of azide groups is 1. The predicted molar refractivity (Wildman–Crippen MR) is 73.4 cm³/mol. The second kappa shape index (κ2) is 6.03. The molecular weight excluding hydrogens is 314 g/mol. The van der Waals surface area contributed by atoms with Gasteiger partial charge in [-0.25, -0.2) is 0 Å². The lowest BCUT2D eigenvalue weighted by Crippen LogP contribution is -2.19. The number of aliphatic hydroxyl groups is 2. The minimum absolute atomic E-state index is 0.131. The molecule has 0 aliphatic carbocycles. The van der Waals surface area contributed by atoms with Gasteiger partial charge in [0.1, 0.15) is 6.10 Å². The molecule has 0 spiro atoms. The Balaban J connectivity index is 2.21. The second-order valence-corrected chi connectivity index (χ2v) is 4.97. The lowest BCUT2D eigenvalue weighted by atomic mass is 10.0. The lowest BCUT2D eigenvalue weighted by molar-refractivity contribution is 0.0133. The molecule has 0 amide bonds. The number of halogens is 1. The molecule has 100 valence electrons. The predicted octanol–water partition coefficient (Wildman–Crippen LogP) is 2.42. The highest BCUT2D eigenvalue weighted by molar-refractivity contribution is 9.10. The van der Waals surface area contributed by atoms with Crippen molar-refractivity contribution in [3.63, 3.8) is 0 Å². The van der Waals surface area contributed by atoms with Gasteiger partial charge in [-0.1, -0.05) is 21.0 Å². The molecular formula is C11H12BrN5O2. The molecule has 2 aromatic rings. The van der Waals surface area contributed by atoms with Crippen molar-refractivity contribution in [3.8, 4) is 0 Å². The van der Waals surface area contributed by atoms with Gasteiger partial charge in [-0.05, 0) is 30.2 Å². The number of hydrogen-bond donors (Lipinski definition) is 3.